The van der Waals surface area contributed by atoms with Crippen LogP contribution in [0.15, 0.2) is 18.5 Å². The average Bonchev–Trinajstić information content (AvgIpc) is 1.69. The van der Waals surface area contributed by atoms with Crippen molar-refractivity contribution in [1.29, 1.82) is 0 Å². The Morgan fingerprint density at radius 3 is 1.78 bits per heavy atom. The van der Waals surface area contributed by atoms with Crippen LogP contribution in [0.4, 0.5) is 0 Å². The molecule has 48 valence electrons. The maximum atomic E-state index is 3.87. The van der Waals surface area contributed by atoms with Gasteiger partial charge in [0.1, 0.15) is 5.82 Å². The van der Waals surface area contributed by atoms with Gasteiger partial charge >= 0.3 is 0 Å². The molecule has 0 aliphatic carbocycles. The third-order valence-corrected chi connectivity index (χ3v) is 0.695. The van der Waals surface area contributed by atoms with Crippen molar-refractivity contribution in [3.05, 3.63) is 24.3 Å². The fraction of sp³-hybridized carbons (Fsp3) is 0.200. The summed E-state index contributed by atoms with van der Waals surface area (Å²) in [5.41, 5.74) is 0. The second-order valence-corrected chi connectivity index (χ2v) is 1.30. The molecule has 1 aromatic rings. The predicted molar refractivity (Wildman–Crippen MR) is 46.6 cm³/mol. The monoisotopic (exact) mass is 122 g/mol. The fourth-order valence-electron chi connectivity index (χ4n) is 0.374. The first-order chi connectivity index (χ1) is 3.39. The fourth-order valence-corrected chi connectivity index (χ4v) is 0.374. The molecule has 0 radical (unpaired) electrons. The van der Waals surface area contributed by atoms with E-state index in [1.54, 1.807) is 18.5 Å². The van der Waals surface area contributed by atoms with Crippen molar-refractivity contribution in [1.82, 2.24) is 9.97 Å². The molecule has 0 fully saturated rings. The molecule has 1 rings (SSSR count). The van der Waals surface area contributed by atoms with Crippen molar-refractivity contribution in [2.24, 2.45) is 0 Å². The van der Waals surface area contributed by atoms with E-state index >= 15 is 0 Å². The molecule has 0 bridgehead atoms. The van der Waals surface area contributed by atoms with Crippen LogP contribution in [0, 0.1) is 6.92 Å². The van der Waals surface area contributed by atoms with Crippen LogP contribution in [0.2, 0.25) is 0 Å². The molecule has 9 heavy (non-hydrogen) atoms. The summed E-state index contributed by atoms with van der Waals surface area (Å²) in [6.07, 6.45) is 3.45. The summed E-state index contributed by atoms with van der Waals surface area (Å²) in [5.74, 6) is 0.822. The van der Waals surface area contributed by atoms with Crippen LogP contribution in [0.5, 0.6) is 0 Å². The van der Waals surface area contributed by atoms with E-state index in [1.165, 1.54) is 0 Å². The lowest BCUT2D eigenvalue weighted by atomic mass is 10.6. The Balaban J connectivity index is 0. The SMILES string of the molecule is B.B.Cc1ncccn1. The zero-order chi connectivity index (χ0) is 5.11. The average molecular weight is 122 g/mol. The molecule has 0 spiro atoms. The third kappa shape index (κ3) is 3.76. The first-order valence-electron chi connectivity index (χ1n) is 2.13. The summed E-state index contributed by atoms with van der Waals surface area (Å²) in [7, 11) is 0. The highest BCUT2D eigenvalue weighted by Crippen LogP contribution is 1.78. The number of hydrogen-bond acceptors (Lipinski definition) is 2. The highest BCUT2D eigenvalue weighted by atomic mass is 14.8. The van der Waals surface area contributed by atoms with Crippen molar-refractivity contribution >= 4 is 16.8 Å². The van der Waals surface area contributed by atoms with Gasteiger partial charge in [-0.2, -0.15) is 0 Å². The summed E-state index contributed by atoms with van der Waals surface area (Å²) in [6, 6.07) is 1.80. The molecule has 1 heterocycles. The second-order valence-electron chi connectivity index (χ2n) is 1.30. The minimum absolute atomic E-state index is 0. The van der Waals surface area contributed by atoms with Crippen LogP contribution in [0.3, 0.4) is 0 Å². The summed E-state index contributed by atoms with van der Waals surface area (Å²) >= 11 is 0. The lowest BCUT2D eigenvalue weighted by Gasteiger charge is -1.81. The number of nitrogens with zero attached hydrogens (tertiary/aromatic N) is 2. The van der Waals surface area contributed by atoms with E-state index in [0.717, 1.165) is 5.82 Å². The van der Waals surface area contributed by atoms with Crippen LogP contribution in [-0.4, -0.2) is 26.8 Å². The van der Waals surface area contributed by atoms with Gasteiger partial charge in [0.05, 0.1) is 16.8 Å². The van der Waals surface area contributed by atoms with Gasteiger partial charge in [0.2, 0.25) is 0 Å². The Morgan fingerprint density at radius 2 is 1.56 bits per heavy atom. The van der Waals surface area contributed by atoms with Gasteiger partial charge in [0, 0.05) is 12.4 Å². The topological polar surface area (TPSA) is 25.8 Å². The maximum Gasteiger partial charge on any atom is 0.125 e. The Bertz CT molecular complexity index is 143. The minimum Gasteiger partial charge on any atom is -0.242 e. The quantitative estimate of drug-likeness (QED) is 0.388. The number of hydrogen-bond donors (Lipinski definition) is 0. The van der Waals surface area contributed by atoms with E-state index in [1.807, 2.05) is 6.92 Å². The van der Waals surface area contributed by atoms with E-state index < -0.39 is 0 Å². The van der Waals surface area contributed by atoms with Crippen molar-refractivity contribution in [2.75, 3.05) is 0 Å². The first-order valence-corrected chi connectivity index (χ1v) is 2.13. The van der Waals surface area contributed by atoms with E-state index in [0.29, 0.717) is 0 Å². The van der Waals surface area contributed by atoms with E-state index in [9.17, 15) is 0 Å². The smallest absolute Gasteiger partial charge is 0.125 e. The molecule has 0 saturated heterocycles. The van der Waals surface area contributed by atoms with Crippen LogP contribution >= 0.6 is 0 Å². The van der Waals surface area contributed by atoms with Gasteiger partial charge in [-0.05, 0) is 13.0 Å². The van der Waals surface area contributed by atoms with Crippen molar-refractivity contribution < 1.29 is 0 Å². The molecule has 0 amide bonds. The molecule has 1 aromatic heterocycles. The van der Waals surface area contributed by atoms with Crippen LogP contribution in [0.25, 0.3) is 0 Å². The van der Waals surface area contributed by atoms with E-state index in [4.69, 9.17) is 0 Å². The molecule has 0 aliphatic heterocycles. The predicted octanol–water partition coefficient (Wildman–Crippen LogP) is -1.58. The van der Waals surface area contributed by atoms with Gasteiger partial charge in [0.15, 0.2) is 0 Å². The summed E-state index contributed by atoms with van der Waals surface area (Å²) in [5, 5.41) is 0. The molecule has 0 N–H and O–H groups in total. The van der Waals surface area contributed by atoms with Gasteiger partial charge in [-0.25, -0.2) is 9.97 Å². The zero-order valence-corrected chi connectivity index (χ0v) is 4.13. The highest BCUT2D eigenvalue weighted by Gasteiger charge is 1.74. The number of aromatic nitrogens is 2. The molecule has 2 nitrogen and oxygen atoms in total. The Hall–Kier alpha value is -0.790. The maximum absolute atomic E-state index is 3.87. The Morgan fingerprint density at radius 1 is 1.11 bits per heavy atom. The van der Waals surface area contributed by atoms with Crippen molar-refractivity contribution in [2.45, 2.75) is 6.92 Å². The van der Waals surface area contributed by atoms with E-state index in [2.05, 4.69) is 9.97 Å². The summed E-state index contributed by atoms with van der Waals surface area (Å²) < 4.78 is 0. The van der Waals surface area contributed by atoms with Gasteiger partial charge in [-0.15, -0.1) is 0 Å². The third-order valence-electron chi connectivity index (χ3n) is 0.695. The first kappa shape index (κ1) is 11.1. The molecule has 0 aromatic carbocycles. The Kier molecular flexibility index (Phi) is 6.58. The number of aryl methyl sites for hydroxylation is 1. The molecule has 0 atom stereocenters. The lowest BCUT2D eigenvalue weighted by Crippen LogP contribution is -1.80. The minimum atomic E-state index is 0. The van der Waals surface area contributed by atoms with Gasteiger partial charge < -0.3 is 0 Å². The van der Waals surface area contributed by atoms with Gasteiger partial charge in [-0.1, -0.05) is 0 Å². The molecular formula is C5H12B2N2. The lowest BCUT2D eigenvalue weighted by molar-refractivity contribution is 1.05. The highest BCUT2D eigenvalue weighted by molar-refractivity contribution is 5.76. The molecular weight excluding hydrogens is 110 g/mol. The van der Waals surface area contributed by atoms with Crippen molar-refractivity contribution in [3.8, 4) is 0 Å². The van der Waals surface area contributed by atoms with Gasteiger partial charge in [-0.3, -0.25) is 0 Å². The second kappa shape index (κ2) is 5.35. The Labute approximate surface area is 58.9 Å². The molecule has 0 aliphatic rings. The standard InChI is InChI=1S/C5H6N2.2BH3/c1-5-6-3-2-4-7-5;;/h2-4H,1H3;2*1H3. The normalized spacial score (nSPS) is 6.78. The molecule has 4 heteroatoms. The van der Waals surface area contributed by atoms with Crippen molar-refractivity contribution in [3.63, 3.8) is 0 Å². The summed E-state index contributed by atoms with van der Waals surface area (Å²) in [6.45, 7) is 1.86. The van der Waals surface area contributed by atoms with Crippen LogP contribution in [0.1, 0.15) is 5.82 Å². The van der Waals surface area contributed by atoms with Crippen LogP contribution in [-0.2, 0) is 0 Å². The number of rotatable bonds is 0. The molecule has 0 saturated carbocycles. The largest absolute Gasteiger partial charge is 0.242 e. The van der Waals surface area contributed by atoms with Crippen LogP contribution < -0.4 is 0 Å². The van der Waals surface area contributed by atoms with Gasteiger partial charge in [0.25, 0.3) is 0 Å². The zero-order valence-electron chi connectivity index (χ0n) is 4.13. The molecule has 0 unspecified atom stereocenters. The van der Waals surface area contributed by atoms with E-state index in [-0.39, 0.29) is 16.8 Å². The summed E-state index contributed by atoms with van der Waals surface area (Å²) in [4.78, 5) is 7.74.